The molecule has 1 N–H and O–H groups in total. The molecule has 5 nitrogen and oxygen atoms in total. The number of nitrogens with zero attached hydrogens (tertiary/aromatic N) is 2. The van der Waals surface area contributed by atoms with E-state index in [0.29, 0.717) is 22.0 Å². The van der Waals surface area contributed by atoms with Crippen LogP contribution in [0.4, 0.5) is 18.9 Å². The number of nitrogens with one attached hydrogen (secondary N) is 1. The summed E-state index contributed by atoms with van der Waals surface area (Å²) >= 11 is 1.52. The third-order valence-electron chi connectivity index (χ3n) is 5.41. The number of anilines is 1. The topological polar surface area (TPSA) is 64.0 Å². The predicted octanol–water partition coefficient (Wildman–Crippen LogP) is 4.55. The van der Waals surface area contributed by atoms with Crippen molar-refractivity contribution >= 4 is 33.1 Å². The van der Waals surface area contributed by atoms with Gasteiger partial charge in [0.25, 0.3) is 5.56 Å². The van der Waals surface area contributed by atoms with E-state index in [-0.39, 0.29) is 11.2 Å². The zero-order valence-corrected chi connectivity index (χ0v) is 17.3. The first-order valence-electron chi connectivity index (χ1n) is 9.63. The Morgan fingerprint density at radius 3 is 2.80 bits per heavy atom. The second-order valence-corrected chi connectivity index (χ2v) is 8.76. The minimum Gasteiger partial charge on any atom is -0.324 e. The van der Waals surface area contributed by atoms with Crippen molar-refractivity contribution in [3.63, 3.8) is 0 Å². The molecule has 1 atom stereocenters. The van der Waals surface area contributed by atoms with Gasteiger partial charge >= 0.3 is 6.18 Å². The van der Waals surface area contributed by atoms with Crippen molar-refractivity contribution < 1.29 is 18.0 Å². The smallest absolute Gasteiger partial charge is 0.324 e. The summed E-state index contributed by atoms with van der Waals surface area (Å²) in [6, 6.07) is 4.76. The van der Waals surface area contributed by atoms with Gasteiger partial charge in [-0.05, 0) is 49.8 Å². The van der Waals surface area contributed by atoms with E-state index in [2.05, 4.69) is 17.2 Å². The highest BCUT2D eigenvalue weighted by molar-refractivity contribution is 7.18. The van der Waals surface area contributed by atoms with Crippen molar-refractivity contribution in [2.75, 3.05) is 5.32 Å². The molecule has 2 heterocycles. The minimum absolute atomic E-state index is 0.316. The molecule has 0 fully saturated rings. The number of hydrogen-bond donors (Lipinski definition) is 1. The van der Waals surface area contributed by atoms with Gasteiger partial charge in [-0.3, -0.25) is 14.2 Å². The zero-order valence-electron chi connectivity index (χ0n) is 16.5. The number of benzene rings is 1. The second kappa shape index (κ2) is 7.54. The number of hydrogen-bond acceptors (Lipinski definition) is 4. The normalized spacial score (nSPS) is 16.5. The molecule has 1 aromatic carbocycles. The number of para-hydroxylation sites is 1. The molecular formula is C21H20F3N3O2S. The Bertz CT molecular complexity index is 1200. The molecule has 0 radical (unpaired) electrons. The fourth-order valence-corrected chi connectivity index (χ4v) is 5.30. The fourth-order valence-electron chi connectivity index (χ4n) is 3.88. The van der Waals surface area contributed by atoms with Gasteiger partial charge in [-0.2, -0.15) is 13.2 Å². The highest BCUT2D eigenvalue weighted by Gasteiger charge is 2.33. The first-order valence-corrected chi connectivity index (χ1v) is 10.4. The van der Waals surface area contributed by atoms with Gasteiger partial charge in [-0.1, -0.05) is 19.1 Å². The number of aromatic nitrogens is 2. The second-order valence-electron chi connectivity index (χ2n) is 7.67. The Morgan fingerprint density at radius 2 is 2.07 bits per heavy atom. The van der Waals surface area contributed by atoms with Gasteiger partial charge in [-0.15, -0.1) is 11.3 Å². The molecule has 0 saturated carbocycles. The number of fused-ring (bicyclic) bond motifs is 3. The van der Waals surface area contributed by atoms with E-state index in [0.717, 1.165) is 35.8 Å². The summed E-state index contributed by atoms with van der Waals surface area (Å²) in [7, 11) is 0. The van der Waals surface area contributed by atoms with Crippen LogP contribution in [-0.4, -0.2) is 15.5 Å². The third kappa shape index (κ3) is 3.74. The first kappa shape index (κ1) is 20.6. The van der Waals surface area contributed by atoms with Gasteiger partial charge in [0.05, 0.1) is 16.6 Å². The van der Waals surface area contributed by atoms with Gasteiger partial charge in [0.1, 0.15) is 17.2 Å². The molecule has 4 rings (SSSR count). The molecule has 0 saturated heterocycles. The Hall–Kier alpha value is -2.68. The van der Waals surface area contributed by atoms with E-state index in [1.807, 2.05) is 0 Å². The molecular weight excluding hydrogens is 415 g/mol. The van der Waals surface area contributed by atoms with Crippen LogP contribution < -0.4 is 10.9 Å². The van der Waals surface area contributed by atoms with Crippen LogP contribution in [0.25, 0.3) is 10.2 Å². The van der Waals surface area contributed by atoms with E-state index in [9.17, 15) is 22.8 Å². The molecule has 1 amide bonds. The minimum atomic E-state index is -4.59. The maximum atomic E-state index is 13.2. The number of carbonyl (C=O) groups excluding carboxylic acids is 1. The number of thiophene rings is 1. The summed E-state index contributed by atoms with van der Waals surface area (Å²) in [4.78, 5) is 32.0. The molecule has 30 heavy (non-hydrogen) atoms. The highest BCUT2D eigenvalue weighted by atomic mass is 32.1. The average Bonchev–Trinajstić information content (AvgIpc) is 3.01. The first-order chi connectivity index (χ1) is 14.1. The van der Waals surface area contributed by atoms with Crippen molar-refractivity contribution in [3.05, 3.63) is 56.4 Å². The van der Waals surface area contributed by atoms with Crippen LogP contribution >= 0.6 is 11.3 Å². The number of rotatable bonds is 3. The molecule has 3 aromatic rings. The summed E-state index contributed by atoms with van der Waals surface area (Å²) in [5, 5.41) is 2.82. The van der Waals surface area contributed by atoms with Crippen molar-refractivity contribution in [1.82, 2.24) is 9.55 Å². The van der Waals surface area contributed by atoms with Crippen molar-refractivity contribution in [1.29, 1.82) is 0 Å². The van der Waals surface area contributed by atoms with Gasteiger partial charge in [-0.25, -0.2) is 4.98 Å². The van der Waals surface area contributed by atoms with E-state index in [4.69, 9.17) is 0 Å². The Labute approximate surface area is 174 Å². The maximum Gasteiger partial charge on any atom is 0.418 e. The quantitative estimate of drug-likeness (QED) is 0.657. The Morgan fingerprint density at radius 1 is 1.33 bits per heavy atom. The number of aryl methyl sites for hydroxylation is 2. The number of carbonyl (C=O) groups is 1. The van der Waals surface area contributed by atoms with Crippen LogP contribution in [0.2, 0.25) is 0 Å². The monoisotopic (exact) mass is 435 g/mol. The molecule has 158 valence electrons. The Kier molecular flexibility index (Phi) is 5.17. The van der Waals surface area contributed by atoms with Crippen LogP contribution in [-0.2, 0) is 30.4 Å². The third-order valence-corrected chi connectivity index (χ3v) is 6.56. The molecule has 0 aliphatic heterocycles. The van der Waals surface area contributed by atoms with Crippen LogP contribution in [0.5, 0.6) is 0 Å². The molecule has 9 heteroatoms. The van der Waals surface area contributed by atoms with Crippen molar-refractivity contribution in [2.24, 2.45) is 5.92 Å². The molecule has 2 aromatic heterocycles. The van der Waals surface area contributed by atoms with E-state index >= 15 is 0 Å². The van der Waals surface area contributed by atoms with Gasteiger partial charge in [0.15, 0.2) is 0 Å². The van der Waals surface area contributed by atoms with Crippen LogP contribution in [0.1, 0.15) is 35.2 Å². The maximum absolute atomic E-state index is 13.2. The highest BCUT2D eigenvalue weighted by Crippen LogP contribution is 2.36. The number of halogens is 3. The van der Waals surface area contributed by atoms with Crippen molar-refractivity contribution in [2.45, 2.75) is 45.8 Å². The fraction of sp³-hybridized carbons (Fsp3) is 0.381. The Balaban J connectivity index is 1.66. The molecule has 0 spiro atoms. The van der Waals surface area contributed by atoms with Crippen molar-refractivity contribution in [3.8, 4) is 0 Å². The lowest BCUT2D eigenvalue weighted by Gasteiger charge is -2.17. The number of amides is 1. The summed E-state index contributed by atoms with van der Waals surface area (Å²) < 4.78 is 40.7. The number of alkyl halides is 3. The summed E-state index contributed by atoms with van der Waals surface area (Å²) in [5.74, 6) is 0.197. The molecule has 1 aliphatic carbocycles. The summed E-state index contributed by atoms with van der Waals surface area (Å²) in [5.41, 5.74) is -0.584. The molecule has 1 aliphatic rings. The lowest BCUT2D eigenvalue weighted by molar-refractivity contribution is -0.137. The standard InChI is InChI=1S/C21H20F3N3O2S/c1-11-7-8-13-16(9-11)30-19-18(13)20(29)27(12(2)25-19)10-17(28)26-15-6-4-3-5-14(15)21(22,23)24/h3-6,11H,7-10H2,1-2H3,(H,26,28). The molecule has 1 unspecified atom stereocenters. The van der Waals surface area contributed by atoms with E-state index in [1.54, 1.807) is 6.92 Å². The average molecular weight is 435 g/mol. The van der Waals surface area contributed by atoms with Crippen LogP contribution in [0.3, 0.4) is 0 Å². The van der Waals surface area contributed by atoms with Gasteiger partial charge in [0.2, 0.25) is 5.91 Å². The lowest BCUT2D eigenvalue weighted by Crippen LogP contribution is -2.30. The lowest BCUT2D eigenvalue weighted by atomic mass is 9.89. The van der Waals surface area contributed by atoms with E-state index < -0.39 is 24.2 Å². The molecule has 0 bridgehead atoms. The largest absolute Gasteiger partial charge is 0.418 e. The van der Waals surface area contributed by atoms with Crippen LogP contribution in [0, 0.1) is 12.8 Å². The predicted molar refractivity (Wildman–Crippen MR) is 110 cm³/mol. The van der Waals surface area contributed by atoms with Gasteiger partial charge < -0.3 is 5.32 Å². The van der Waals surface area contributed by atoms with Crippen LogP contribution in [0.15, 0.2) is 29.1 Å². The van der Waals surface area contributed by atoms with Gasteiger partial charge in [0, 0.05) is 4.88 Å². The zero-order chi connectivity index (χ0) is 21.6. The SMILES string of the molecule is Cc1nc2sc3c(c2c(=O)n1CC(=O)Nc1ccccc1C(F)(F)F)CCC(C)C3. The summed E-state index contributed by atoms with van der Waals surface area (Å²) in [6.07, 6.45) is -1.91. The summed E-state index contributed by atoms with van der Waals surface area (Å²) in [6.45, 7) is 3.40. The van der Waals surface area contributed by atoms with E-state index in [1.165, 1.54) is 34.1 Å².